The molecule has 0 saturated heterocycles. The lowest BCUT2D eigenvalue weighted by atomic mass is 10.0. The molecule has 1 aromatic rings. The van der Waals surface area contributed by atoms with Crippen LogP contribution in [0.3, 0.4) is 0 Å². The molecule has 1 aromatic carbocycles. The molecule has 22 heavy (non-hydrogen) atoms. The Labute approximate surface area is 127 Å². The van der Waals surface area contributed by atoms with Gasteiger partial charge in [0.1, 0.15) is 26.0 Å². The molecule has 8 nitrogen and oxygen atoms in total. The average molecular weight is 299 g/mol. The first-order valence-corrected chi connectivity index (χ1v) is 6.02. The fraction of sp³-hybridized carbons (Fsp3) is 0.214. The summed E-state index contributed by atoms with van der Waals surface area (Å²) in [5.74, 6) is 0.0114. The molecule has 0 radical (unpaired) electrons. The summed E-state index contributed by atoms with van der Waals surface area (Å²) >= 11 is 0. The first-order valence-electron chi connectivity index (χ1n) is 6.02. The number of hydrogen-bond acceptors (Lipinski definition) is 8. The molecule has 0 saturated carbocycles. The lowest BCUT2D eigenvalue weighted by Crippen LogP contribution is -2.20. The van der Waals surface area contributed by atoms with Crippen LogP contribution in [0.1, 0.15) is 11.1 Å². The largest absolute Gasteiger partial charge is 0.479 e. The third-order valence-electron chi connectivity index (χ3n) is 2.41. The maximum Gasteiger partial charge on any atom is 0.254 e. The summed E-state index contributed by atoms with van der Waals surface area (Å²) < 4.78 is 5.06. The zero-order valence-corrected chi connectivity index (χ0v) is 12.1. The van der Waals surface area contributed by atoms with Gasteiger partial charge in [0, 0.05) is 11.1 Å². The Kier molecular flexibility index (Phi) is 7.20. The Bertz CT molecular complexity index is 668. The minimum Gasteiger partial charge on any atom is -0.479 e. The number of ether oxygens (including phenoxy) is 1. The average Bonchev–Trinajstić information content (AvgIpc) is 2.55. The van der Waals surface area contributed by atoms with E-state index in [9.17, 15) is 0 Å². The van der Waals surface area contributed by atoms with Crippen LogP contribution in [0.2, 0.25) is 0 Å². The molecular weight excluding hydrogens is 286 g/mol. The fourth-order valence-electron chi connectivity index (χ4n) is 1.58. The summed E-state index contributed by atoms with van der Waals surface area (Å²) in [6, 6.07) is 8.83. The third-order valence-corrected chi connectivity index (χ3v) is 2.41. The fourth-order valence-corrected chi connectivity index (χ4v) is 1.58. The van der Waals surface area contributed by atoms with E-state index in [1.165, 1.54) is 14.2 Å². The van der Waals surface area contributed by atoms with Gasteiger partial charge < -0.3 is 14.4 Å². The van der Waals surface area contributed by atoms with E-state index in [1.54, 1.807) is 36.5 Å². The first kappa shape index (κ1) is 16.7. The number of methoxy groups -OCH3 is 1. The van der Waals surface area contributed by atoms with Crippen molar-refractivity contribution in [2.24, 2.45) is 15.3 Å². The van der Waals surface area contributed by atoms with E-state index in [0.717, 1.165) is 6.21 Å². The number of nitrogens with zero attached hydrogens (tertiary/aromatic N) is 5. The van der Waals surface area contributed by atoms with Gasteiger partial charge in [0.15, 0.2) is 5.71 Å². The summed E-state index contributed by atoms with van der Waals surface area (Å²) in [6.07, 6.45) is 2.62. The van der Waals surface area contributed by atoms with E-state index < -0.39 is 0 Å². The standard InChI is InChI=1S/C14H13N5O3/c1-20-14(17-10-16)13(19-21-2)12-6-4-3-5-11(12)9-22-18-8-7-15/h3-6,8H,9H2,1-2H3/b17-14?,18-8-,19-13+. The number of aliphatic imine (C=N–C) groups is 1. The second-order valence-corrected chi connectivity index (χ2v) is 3.64. The molecule has 0 bridgehead atoms. The Hall–Kier alpha value is -3.39. The lowest BCUT2D eigenvalue weighted by Gasteiger charge is -2.11. The molecule has 0 heterocycles. The smallest absolute Gasteiger partial charge is 0.254 e. The minimum atomic E-state index is 0.0114. The molecule has 0 spiro atoms. The zero-order valence-electron chi connectivity index (χ0n) is 12.1. The van der Waals surface area contributed by atoms with Gasteiger partial charge in [-0.3, -0.25) is 0 Å². The molecule has 0 aliphatic carbocycles. The Balaban J connectivity index is 3.19. The van der Waals surface area contributed by atoms with Gasteiger partial charge >= 0.3 is 0 Å². The quantitative estimate of drug-likeness (QED) is 0.342. The molecule has 8 heteroatoms. The number of oxime groups is 2. The summed E-state index contributed by atoms with van der Waals surface area (Å²) in [7, 11) is 2.74. The van der Waals surface area contributed by atoms with Crippen LogP contribution in [0.4, 0.5) is 0 Å². The van der Waals surface area contributed by atoms with Crippen molar-refractivity contribution < 1.29 is 14.4 Å². The normalized spacial score (nSPS) is 11.6. The van der Waals surface area contributed by atoms with E-state index in [4.69, 9.17) is 24.9 Å². The van der Waals surface area contributed by atoms with Crippen molar-refractivity contribution in [3.63, 3.8) is 0 Å². The van der Waals surface area contributed by atoms with Gasteiger partial charge in [-0.05, 0) is 0 Å². The van der Waals surface area contributed by atoms with Gasteiger partial charge in [-0.2, -0.15) is 10.5 Å². The topological polar surface area (TPSA) is 112 Å². The van der Waals surface area contributed by atoms with E-state index in [-0.39, 0.29) is 18.2 Å². The van der Waals surface area contributed by atoms with Gasteiger partial charge in [0.05, 0.1) is 7.11 Å². The molecule has 0 fully saturated rings. The zero-order chi connectivity index (χ0) is 16.2. The van der Waals surface area contributed by atoms with Crippen LogP contribution < -0.4 is 0 Å². The van der Waals surface area contributed by atoms with Crippen LogP contribution in [0, 0.1) is 22.8 Å². The van der Waals surface area contributed by atoms with Crippen LogP contribution >= 0.6 is 0 Å². The molecule has 1 rings (SSSR count). The number of hydrogen-bond donors (Lipinski definition) is 0. The van der Waals surface area contributed by atoms with Crippen molar-refractivity contribution >= 4 is 17.8 Å². The van der Waals surface area contributed by atoms with Gasteiger partial charge in [0.25, 0.3) is 5.90 Å². The van der Waals surface area contributed by atoms with E-state index in [2.05, 4.69) is 15.3 Å². The van der Waals surface area contributed by atoms with E-state index in [1.807, 2.05) is 0 Å². The highest BCUT2D eigenvalue weighted by Crippen LogP contribution is 2.13. The van der Waals surface area contributed by atoms with Crippen LogP contribution in [-0.4, -0.2) is 32.0 Å². The maximum atomic E-state index is 8.71. The number of rotatable bonds is 6. The highest BCUT2D eigenvalue weighted by molar-refractivity contribution is 6.45. The van der Waals surface area contributed by atoms with Crippen LogP contribution in [-0.2, 0) is 21.0 Å². The van der Waals surface area contributed by atoms with E-state index >= 15 is 0 Å². The lowest BCUT2D eigenvalue weighted by molar-refractivity contribution is 0.132. The van der Waals surface area contributed by atoms with Crippen molar-refractivity contribution in [2.75, 3.05) is 14.2 Å². The van der Waals surface area contributed by atoms with Crippen molar-refractivity contribution in [3.8, 4) is 12.3 Å². The minimum absolute atomic E-state index is 0.0114. The van der Waals surface area contributed by atoms with Gasteiger partial charge in [0.2, 0.25) is 6.19 Å². The Morgan fingerprint density at radius 2 is 2.05 bits per heavy atom. The van der Waals surface area contributed by atoms with Crippen molar-refractivity contribution in [1.29, 1.82) is 10.5 Å². The summed E-state index contributed by atoms with van der Waals surface area (Å²) in [5, 5.41) is 24.4. The molecule has 0 aliphatic heterocycles. The van der Waals surface area contributed by atoms with Gasteiger partial charge in [-0.25, -0.2) is 0 Å². The van der Waals surface area contributed by atoms with Crippen LogP contribution in [0.5, 0.6) is 0 Å². The van der Waals surface area contributed by atoms with Crippen molar-refractivity contribution in [1.82, 2.24) is 0 Å². The SMILES string of the molecule is CO/N=C(/C(=NC#N)OC)c1ccccc1CO/N=C\C#N. The van der Waals surface area contributed by atoms with Gasteiger partial charge in [-0.1, -0.05) is 34.6 Å². The van der Waals surface area contributed by atoms with Crippen molar-refractivity contribution in [2.45, 2.75) is 6.61 Å². The highest BCUT2D eigenvalue weighted by Gasteiger charge is 2.17. The van der Waals surface area contributed by atoms with E-state index in [0.29, 0.717) is 11.1 Å². The number of nitriles is 2. The molecule has 0 amide bonds. The summed E-state index contributed by atoms with van der Waals surface area (Å²) in [6.45, 7) is 0.0979. The number of benzene rings is 1. The van der Waals surface area contributed by atoms with Crippen molar-refractivity contribution in [3.05, 3.63) is 35.4 Å². The first-order chi connectivity index (χ1) is 10.8. The molecule has 0 atom stereocenters. The Morgan fingerprint density at radius 3 is 2.68 bits per heavy atom. The molecule has 112 valence electrons. The second-order valence-electron chi connectivity index (χ2n) is 3.64. The second kappa shape index (κ2) is 9.50. The van der Waals surface area contributed by atoms with Crippen LogP contribution in [0.15, 0.2) is 39.6 Å². The third kappa shape index (κ3) is 4.62. The monoisotopic (exact) mass is 299 g/mol. The Morgan fingerprint density at radius 1 is 1.27 bits per heavy atom. The summed E-state index contributed by atoms with van der Waals surface area (Å²) in [5.41, 5.74) is 1.55. The molecule has 0 N–H and O–H groups in total. The summed E-state index contributed by atoms with van der Waals surface area (Å²) in [4.78, 5) is 13.4. The molecule has 0 aromatic heterocycles. The van der Waals surface area contributed by atoms with Gasteiger partial charge in [-0.15, -0.1) is 4.99 Å². The predicted octanol–water partition coefficient (Wildman–Crippen LogP) is 1.59. The highest BCUT2D eigenvalue weighted by atomic mass is 16.6. The predicted molar refractivity (Wildman–Crippen MR) is 78.9 cm³/mol. The molecular formula is C14H13N5O3. The molecule has 0 unspecified atom stereocenters. The maximum absolute atomic E-state index is 8.71. The van der Waals surface area contributed by atoms with Crippen LogP contribution in [0.25, 0.3) is 0 Å². The molecule has 0 aliphatic rings.